The summed E-state index contributed by atoms with van der Waals surface area (Å²) in [6.07, 6.45) is 0. The minimum atomic E-state index is -1.23. The predicted octanol–water partition coefficient (Wildman–Crippen LogP) is 6.25. The van der Waals surface area contributed by atoms with Crippen molar-refractivity contribution in [2.45, 2.75) is 30.7 Å². The third-order valence-electron chi connectivity index (χ3n) is 8.14. The fourth-order valence-electron chi connectivity index (χ4n) is 6.72. The highest BCUT2D eigenvalue weighted by atomic mass is 16.5. The van der Waals surface area contributed by atoms with Gasteiger partial charge in [-0.25, -0.2) is 0 Å². The highest BCUT2D eigenvalue weighted by Crippen LogP contribution is 2.67. The number of rotatable bonds is 5. The van der Waals surface area contributed by atoms with E-state index < -0.39 is 11.0 Å². The van der Waals surface area contributed by atoms with E-state index in [-0.39, 0.29) is 23.5 Å². The zero-order valence-electron chi connectivity index (χ0n) is 21.2. The molecule has 0 saturated carbocycles. The molecule has 2 aliphatic rings. The van der Waals surface area contributed by atoms with E-state index in [1.165, 1.54) is 0 Å². The number of nitrogens with zero attached hydrogens (tertiary/aromatic N) is 1. The summed E-state index contributed by atoms with van der Waals surface area (Å²) in [5.74, 6) is 0.401. The number of amides is 1. The number of fused-ring (bicyclic) bond motifs is 2. The molecule has 4 heteroatoms. The maximum atomic E-state index is 15.0. The van der Waals surface area contributed by atoms with Gasteiger partial charge in [-0.15, -0.1) is 0 Å². The average molecular weight is 488 g/mol. The maximum absolute atomic E-state index is 15.0. The van der Waals surface area contributed by atoms with Crippen molar-refractivity contribution in [2.75, 3.05) is 12.0 Å². The fraction of sp³-hybridized carbons (Fsp3) is 0.212. The lowest BCUT2D eigenvalue weighted by atomic mass is 9.50. The van der Waals surface area contributed by atoms with Gasteiger partial charge in [-0.1, -0.05) is 98.8 Å². The molecule has 1 amide bonds. The third kappa shape index (κ3) is 2.84. The maximum Gasteiger partial charge on any atom is 0.246 e. The van der Waals surface area contributed by atoms with Gasteiger partial charge >= 0.3 is 0 Å². The van der Waals surface area contributed by atoms with E-state index in [1.54, 1.807) is 12.0 Å². The Morgan fingerprint density at radius 1 is 0.730 bits per heavy atom. The minimum Gasteiger partial charge on any atom is -0.497 e. The van der Waals surface area contributed by atoms with Crippen LogP contribution in [0.3, 0.4) is 0 Å². The molecular weight excluding hydrogens is 458 g/mol. The van der Waals surface area contributed by atoms with Gasteiger partial charge in [0.25, 0.3) is 0 Å². The zero-order valence-corrected chi connectivity index (χ0v) is 21.2. The smallest absolute Gasteiger partial charge is 0.246 e. The molecule has 1 saturated heterocycles. The van der Waals surface area contributed by atoms with Crippen LogP contribution in [0.25, 0.3) is 0 Å². The Bertz CT molecular complexity index is 1440. The van der Waals surface area contributed by atoms with Crippen LogP contribution in [-0.4, -0.2) is 18.8 Å². The number of carbonyl (C=O) groups is 2. The monoisotopic (exact) mass is 487 g/mol. The lowest BCUT2D eigenvalue weighted by Gasteiger charge is -2.63. The standard InChI is InChI=1S/C33H29NO3/c1-22(2)29-27-16-10-11-17-28(27)33(30(29)35)32(23-12-6-4-7-13-23,24-14-8-5-9-15-24)31(36)34(33)25-18-20-26(37-3)21-19-25/h4-22,29H,1-3H3/t29-,33-/m1/s1. The largest absolute Gasteiger partial charge is 0.497 e. The number of methoxy groups -OCH3 is 1. The number of anilines is 1. The molecule has 0 unspecified atom stereocenters. The molecule has 0 radical (unpaired) electrons. The first kappa shape index (κ1) is 23.2. The molecule has 37 heavy (non-hydrogen) atoms. The van der Waals surface area contributed by atoms with Crippen LogP contribution in [0.1, 0.15) is 42.0 Å². The summed E-state index contributed by atoms with van der Waals surface area (Å²) >= 11 is 0. The van der Waals surface area contributed by atoms with E-state index in [9.17, 15) is 4.79 Å². The van der Waals surface area contributed by atoms with Crippen LogP contribution < -0.4 is 9.64 Å². The summed E-state index contributed by atoms with van der Waals surface area (Å²) in [5.41, 5.74) is 1.80. The van der Waals surface area contributed by atoms with Gasteiger partial charge in [0.15, 0.2) is 11.3 Å². The Labute approximate surface area is 217 Å². The summed E-state index contributed by atoms with van der Waals surface area (Å²) in [5, 5.41) is 0. The van der Waals surface area contributed by atoms with Gasteiger partial charge in [-0.2, -0.15) is 0 Å². The summed E-state index contributed by atoms with van der Waals surface area (Å²) in [6.45, 7) is 4.17. The lowest BCUT2D eigenvalue weighted by Crippen LogP contribution is -2.81. The number of carbonyl (C=O) groups excluding carboxylic acids is 2. The van der Waals surface area contributed by atoms with Crippen LogP contribution in [0.5, 0.6) is 5.75 Å². The van der Waals surface area contributed by atoms with Gasteiger partial charge in [0.1, 0.15) is 11.2 Å². The molecule has 0 N–H and O–H groups in total. The van der Waals surface area contributed by atoms with E-state index in [4.69, 9.17) is 4.74 Å². The number of hydrogen-bond acceptors (Lipinski definition) is 3. The van der Waals surface area contributed by atoms with Crippen LogP contribution in [0.2, 0.25) is 0 Å². The molecule has 4 aromatic rings. The minimum absolute atomic E-state index is 0.0619. The van der Waals surface area contributed by atoms with E-state index in [2.05, 4.69) is 19.9 Å². The Morgan fingerprint density at radius 3 is 1.81 bits per heavy atom. The molecule has 4 aromatic carbocycles. The second-order valence-corrected chi connectivity index (χ2v) is 10.2. The van der Waals surface area contributed by atoms with Crippen LogP contribution in [0, 0.1) is 5.92 Å². The Balaban J connectivity index is 1.74. The number of ether oxygens (including phenoxy) is 1. The highest BCUT2D eigenvalue weighted by Gasteiger charge is 2.80. The molecule has 2 atom stereocenters. The summed E-state index contributed by atoms with van der Waals surface area (Å²) in [6, 6.07) is 35.1. The number of benzene rings is 4. The summed E-state index contributed by atoms with van der Waals surface area (Å²) in [4.78, 5) is 31.5. The van der Waals surface area contributed by atoms with Crippen LogP contribution in [0.4, 0.5) is 5.69 Å². The molecule has 184 valence electrons. The van der Waals surface area contributed by atoms with Crippen molar-refractivity contribution in [3.8, 4) is 5.75 Å². The van der Waals surface area contributed by atoms with Crippen LogP contribution >= 0.6 is 0 Å². The normalized spacial score (nSPS) is 21.7. The first-order valence-electron chi connectivity index (χ1n) is 12.7. The lowest BCUT2D eigenvalue weighted by molar-refractivity contribution is -0.147. The Morgan fingerprint density at radius 2 is 1.27 bits per heavy atom. The molecule has 6 rings (SSSR count). The Kier molecular flexibility index (Phi) is 5.30. The van der Waals surface area contributed by atoms with Crippen molar-refractivity contribution in [3.05, 3.63) is 131 Å². The van der Waals surface area contributed by atoms with Crippen molar-refractivity contribution in [2.24, 2.45) is 5.92 Å². The predicted molar refractivity (Wildman–Crippen MR) is 145 cm³/mol. The molecule has 0 bridgehead atoms. The average Bonchev–Trinajstić information content (AvgIpc) is 3.21. The zero-order chi connectivity index (χ0) is 25.8. The number of Topliss-reactive ketones (excluding diaryl/α,β-unsaturated/α-hetero) is 1. The Hall–Kier alpha value is -4.18. The number of β-lactam (4-membered cyclic amide) rings is 1. The van der Waals surface area contributed by atoms with Crippen LogP contribution in [0.15, 0.2) is 109 Å². The molecule has 1 aliphatic carbocycles. The van der Waals surface area contributed by atoms with Crippen molar-refractivity contribution >= 4 is 17.4 Å². The third-order valence-corrected chi connectivity index (χ3v) is 8.14. The molecule has 1 spiro atoms. The second-order valence-electron chi connectivity index (χ2n) is 10.2. The van der Waals surface area contributed by atoms with Gasteiger partial charge in [-0.3, -0.25) is 14.5 Å². The molecular formula is C33H29NO3. The van der Waals surface area contributed by atoms with Gasteiger partial charge in [0.05, 0.1) is 7.11 Å². The van der Waals surface area contributed by atoms with Gasteiger partial charge in [0, 0.05) is 11.6 Å². The van der Waals surface area contributed by atoms with Gasteiger partial charge in [0.2, 0.25) is 5.91 Å². The van der Waals surface area contributed by atoms with Crippen molar-refractivity contribution in [1.82, 2.24) is 0 Å². The van der Waals surface area contributed by atoms with E-state index in [0.717, 1.165) is 22.3 Å². The number of ketones is 1. The van der Waals surface area contributed by atoms with Crippen LogP contribution in [-0.2, 0) is 20.5 Å². The SMILES string of the molecule is COc1ccc(N2C(=O)C(c3ccccc3)(c3ccccc3)[C@@]23C(=O)[C@H](C(C)C)c2ccccc23)cc1. The second kappa shape index (κ2) is 8.45. The highest BCUT2D eigenvalue weighted by molar-refractivity contribution is 6.26. The first-order chi connectivity index (χ1) is 18.0. The van der Waals surface area contributed by atoms with Gasteiger partial charge in [-0.05, 0) is 52.4 Å². The molecule has 1 aliphatic heterocycles. The summed E-state index contributed by atoms with van der Waals surface area (Å²) < 4.78 is 5.38. The molecule has 1 fully saturated rings. The van der Waals surface area contributed by atoms with Crippen molar-refractivity contribution < 1.29 is 14.3 Å². The first-order valence-corrected chi connectivity index (χ1v) is 12.7. The van der Waals surface area contributed by atoms with E-state index >= 15 is 4.79 Å². The van der Waals surface area contributed by atoms with E-state index in [0.29, 0.717) is 11.4 Å². The van der Waals surface area contributed by atoms with Crippen molar-refractivity contribution in [1.29, 1.82) is 0 Å². The summed E-state index contributed by atoms with van der Waals surface area (Å²) in [7, 11) is 1.62. The fourth-order valence-corrected chi connectivity index (χ4v) is 6.72. The van der Waals surface area contributed by atoms with Gasteiger partial charge < -0.3 is 4.74 Å². The van der Waals surface area contributed by atoms with E-state index in [1.807, 2.05) is 103 Å². The molecule has 1 heterocycles. The quantitative estimate of drug-likeness (QED) is 0.313. The van der Waals surface area contributed by atoms with Crippen molar-refractivity contribution in [3.63, 3.8) is 0 Å². The topological polar surface area (TPSA) is 46.6 Å². The number of hydrogen-bond donors (Lipinski definition) is 0. The molecule has 0 aromatic heterocycles. The molecule has 4 nitrogen and oxygen atoms in total.